The molecule has 2 rings (SSSR count). The Hall–Kier alpha value is -2.24. The number of H-pyrrole nitrogens is 1. The highest BCUT2D eigenvalue weighted by Gasteiger charge is 2.10. The van der Waals surface area contributed by atoms with Crippen molar-refractivity contribution in [2.45, 2.75) is 0 Å². The van der Waals surface area contributed by atoms with Gasteiger partial charge in [-0.25, -0.2) is 4.39 Å². The van der Waals surface area contributed by atoms with Gasteiger partial charge in [-0.05, 0) is 29.4 Å². The monoisotopic (exact) mass is 207 g/mol. The lowest BCUT2D eigenvalue weighted by molar-refractivity contribution is 0.458. The minimum Gasteiger partial charge on any atom is -0.491 e. The molecule has 0 saturated carbocycles. The number of nitroso groups, excluding NO2 is 1. The van der Waals surface area contributed by atoms with E-state index in [9.17, 15) is 9.30 Å². The Morgan fingerprint density at radius 2 is 2.00 bits per heavy atom. The van der Waals surface area contributed by atoms with Crippen molar-refractivity contribution in [3.63, 3.8) is 0 Å². The van der Waals surface area contributed by atoms with Crippen LogP contribution in [0.25, 0.3) is 11.4 Å². The van der Waals surface area contributed by atoms with Gasteiger partial charge in [0.25, 0.3) is 5.88 Å². The van der Waals surface area contributed by atoms with Crippen LogP contribution in [0.3, 0.4) is 0 Å². The highest BCUT2D eigenvalue weighted by Crippen LogP contribution is 2.27. The Morgan fingerprint density at radius 1 is 1.33 bits per heavy atom. The second-order valence-corrected chi connectivity index (χ2v) is 2.86. The van der Waals surface area contributed by atoms with Crippen LogP contribution in [0.1, 0.15) is 0 Å². The van der Waals surface area contributed by atoms with E-state index in [1.54, 1.807) is 0 Å². The quantitative estimate of drug-likeness (QED) is 0.741. The minimum atomic E-state index is -0.468. The fourth-order valence-corrected chi connectivity index (χ4v) is 1.16. The van der Waals surface area contributed by atoms with E-state index < -0.39 is 5.88 Å². The Kier molecular flexibility index (Phi) is 2.17. The number of benzene rings is 1. The van der Waals surface area contributed by atoms with E-state index in [0.29, 0.717) is 5.56 Å². The third-order valence-corrected chi connectivity index (χ3v) is 1.88. The molecule has 0 atom stereocenters. The van der Waals surface area contributed by atoms with Crippen molar-refractivity contribution in [2.75, 3.05) is 0 Å². The van der Waals surface area contributed by atoms with Crippen LogP contribution in [0.15, 0.2) is 29.4 Å². The molecule has 1 aromatic carbocycles. The molecule has 0 fully saturated rings. The summed E-state index contributed by atoms with van der Waals surface area (Å²) in [5, 5.41) is 11.7. The molecular weight excluding hydrogens is 201 g/mol. The highest BCUT2D eigenvalue weighted by atomic mass is 19.1. The SMILES string of the molecule is O=Nc1[nH]c(-c2ccc(F)cc2)nc1O. The highest BCUT2D eigenvalue weighted by molar-refractivity contribution is 5.59. The first kappa shape index (κ1) is 9.32. The van der Waals surface area contributed by atoms with Gasteiger partial charge in [0.15, 0.2) is 0 Å². The van der Waals surface area contributed by atoms with Crippen molar-refractivity contribution in [1.29, 1.82) is 0 Å². The zero-order valence-corrected chi connectivity index (χ0v) is 7.44. The number of nitrogens with one attached hydrogen (secondary N) is 1. The standard InChI is InChI=1S/C9H6FN3O2/c10-6-3-1-5(2-4-6)7-11-8(13-15)9(14)12-7/h1-4,14H,(H,11,12). The molecule has 0 radical (unpaired) electrons. The van der Waals surface area contributed by atoms with E-state index in [1.165, 1.54) is 24.3 Å². The zero-order chi connectivity index (χ0) is 10.8. The number of hydrogen-bond donors (Lipinski definition) is 2. The first-order valence-electron chi connectivity index (χ1n) is 4.09. The maximum Gasteiger partial charge on any atom is 0.261 e. The van der Waals surface area contributed by atoms with Crippen LogP contribution in [0, 0.1) is 10.7 Å². The summed E-state index contributed by atoms with van der Waals surface area (Å²) in [6, 6.07) is 5.45. The van der Waals surface area contributed by atoms with Crippen molar-refractivity contribution in [1.82, 2.24) is 9.97 Å². The Balaban J connectivity index is 2.45. The number of imidazole rings is 1. The molecule has 2 aromatic rings. The first-order valence-corrected chi connectivity index (χ1v) is 4.09. The van der Waals surface area contributed by atoms with Gasteiger partial charge < -0.3 is 10.1 Å². The molecule has 0 spiro atoms. The zero-order valence-electron chi connectivity index (χ0n) is 7.44. The van der Waals surface area contributed by atoms with E-state index in [1.807, 2.05) is 0 Å². The molecule has 0 unspecified atom stereocenters. The summed E-state index contributed by atoms with van der Waals surface area (Å²) in [6.07, 6.45) is 0. The molecule has 1 heterocycles. The molecule has 0 aliphatic rings. The van der Waals surface area contributed by atoms with Crippen LogP contribution in [0.2, 0.25) is 0 Å². The van der Waals surface area contributed by atoms with Gasteiger partial charge in [0.1, 0.15) is 11.6 Å². The van der Waals surface area contributed by atoms with E-state index >= 15 is 0 Å². The largest absolute Gasteiger partial charge is 0.491 e. The lowest BCUT2D eigenvalue weighted by atomic mass is 10.2. The van der Waals surface area contributed by atoms with Crippen molar-refractivity contribution >= 4 is 5.82 Å². The summed E-state index contributed by atoms with van der Waals surface area (Å²) in [5.74, 6) is -0.816. The average molecular weight is 207 g/mol. The second-order valence-electron chi connectivity index (χ2n) is 2.86. The molecule has 0 aliphatic heterocycles. The molecule has 0 aliphatic carbocycles. The summed E-state index contributed by atoms with van der Waals surface area (Å²) in [4.78, 5) is 16.4. The average Bonchev–Trinajstić information content (AvgIpc) is 2.61. The van der Waals surface area contributed by atoms with Crippen LogP contribution < -0.4 is 0 Å². The first-order chi connectivity index (χ1) is 7.20. The fraction of sp³-hybridized carbons (Fsp3) is 0. The van der Waals surface area contributed by atoms with Crippen molar-refractivity contribution in [2.24, 2.45) is 5.18 Å². The van der Waals surface area contributed by atoms with Crippen LogP contribution in [0.5, 0.6) is 5.88 Å². The number of aromatic nitrogens is 2. The van der Waals surface area contributed by atoms with Crippen LogP contribution >= 0.6 is 0 Å². The summed E-state index contributed by atoms with van der Waals surface area (Å²) < 4.78 is 12.6. The van der Waals surface area contributed by atoms with Gasteiger partial charge in [-0.3, -0.25) is 0 Å². The predicted molar refractivity (Wildman–Crippen MR) is 51.1 cm³/mol. The Morgan fingerprint density at radius 3 is 2.53 bits per heavy atom. The summed E-state index contributed by atoms with van der Waals surface area (Å²) in [7, 11) is 0. The molecular formula is C9H6FN3O2. The third kappa shape index (κ3) is 1.69. The van der Waals surface area contributed by atoms with E-state index in [2.05, 4.69) is 15.1 Å². The number of aromatic hydroxyl groups is 1. The topological polar surface area (TPSA) is 78.3 Å². The molecule has 0 amide bonds. The van der Waals surface area contributed by atoms with Gasteiger partial charge in [0.2, 0.25) is 5.82 Å². The number of aromatic amines is 1. The molecule has 76 valence electrons. The molecule has 2 N–H and O–H groups in total. The number of halogens is 1. The van der Waals surface area contributed by atoms with E-state index in [-0.39, 0.29) is 17.5 Å². The summed E-state index contributed by atoms with van der Waals surface area (Å²) >= 11 is 0. The Labute approximate surface area is 83.6 Å². The van der Waals surface area contributed by atoms with Crippen molar-refractivity contribution < 1.29 is 9.50 Å². The van der Waals surface area contributed by atoms with Gasteiger partial charge in [0, 0.05) is 5.56 Å². The molecule has 6 heteroatoms. The fourth-order valence-electron chi connectivity index (χ4n) is 1.16. The number of nitrogens with zero attached hydrogens (tertiary/aromatic N) is 2. The second kappa shape index (κ2) is 3.49. The lowest BCUT2D eigenvalue weighted by Crippen LogP contribution is -1.80. The smallest absolute Gasteiger partial charge is 0.261 e. The molecule has 1 aromatic heterocycles. The molecule has 0 saturated heterocycles. The van der Waals surface area contributed by atoms with Crippen molar-refractivity contribution in [3.8, 4) is 17.3 Å². The summed E-state index contributed by atoms with van der Waals surface area (Å²) in [5.41, 5.74) is 0.557. The molecule has 0 bridgehead atoms. The van der Waals surface area contributed by atoms with Crippen LogP contribution in [0.4, 0.5) is 10.2 Å². The van der Waals surface area contributed by atoms with Gasteiger partial charge in [-0.1, -0.05) is 0 Å². The maximum atomic E-state index is 12.6. The van der Waals surface area contributed by atoms with Gasteiger partial charge in [-0.15, -0.1) is 4.91 Å². The maximum absolute atomic E-state index is 12.6. The van der Waals surface area contributed by atoms with E-state index in [4.69, 9.17) is 5.11 Å². The minimum absolute atomic E-state index is 0.241. The van der Waals surface area contributed by atoms with Crippen LogP contribution in [-0.2, 0) is 0 Å². The normalized spacial score (nSPS) is 10.2. The Bertz CT molecular complexity index is 493. The molecule has 15 heavy (non-hydrogen) atoms. The van der Waals surface area contributed by atoms with Gasteiger partial charge in [-0.2, -0.15) is 4.98 Å². The number of rotatable bonds is 2. The number of hydrogen-bond acceptors (Lipinski definition) is 4. The predicted octanol–water partition coefficient (Wildman–Crippen LogP) is 2.32. The van der Waals surface area contributed by atoms with Crippen molar-refractivity contribution in [3.05, 3.63) is 35.0 Å². The third-order valence-electron chi connectivity index (χ3n) is 1.88. The van der Waals surface area contributed by atoms with Gasteiger partial charge in [0.05, 0.1) is 0 Å². The molecule has 5 nitrogen and oxygen atoms in total. The van der Waals surface area contributed by atoms with Gasteiger partial charge >= 0.3 is 0 Å². The van der Waals surface area contributed by atoms with E-state index in [0.717, 1.165) is 0 Å². The summed E-state index contributed by atoms with van der Waals surface area (Å²) in [6.45, 7) is 0. The lowest BCUT2D eigenvalue weighted by Gasteiger charge is -1.94. The van der Waals surface area contributed by atoms with Crippen LogP contribution in [-0.4, -0.2) is 15.1 Å².